The minimum absolute atomic E-state index is 0. The van der Waals surface area contributed by atoms with E-state index in [1.165, 1.54) is 0 Å². The number of aliphatic carboxylic acids is 1. The topological polar surface area (TPSA) is 81.7 Å². The highest BCUT2D eigenvalue weighted by molar-refractivity contribution is 5.85. The van der Waals surface area contributed by atoms with Crippen LogP contribution >= 0.6 is 12.4 Å². The smallest absolute Gasteiger partial charge is 0.317 e. The Labute approximate surface area is 149 Å². The molecule has 0 radical (unpaired) electrons. The second-order valence-corrected chi connectivity index (χ2v) is 6.47. The lowest BCUT2D eigenvalue weighted by Crippen LogP contribution is -2.47. The van der Waals surface area contributed by atoms with Crippen molar-refractivity contribution < 1.29 is 14.7 Å². The standard InChI is InChI=1S/C17H25N3O3.ClH/c1-13(14-6-4-3-5-7-14)19-15(21)11-20-9-8-17(2,12-20)18-10-16(22)23;/h3-7,13,18H,8-12H2,1-2H3,(H,19,21)(H,22,23);1H. The molecule has 1 amide bonds. The Morgan fingerprint density at radius 3 is 2.62 bits per heavy atom. The number of halogens is 1. The number of nitrogens with zero attached hydrogens (tertiary/aromatic N) is 1. The molecule has 1 aromatic carbocycles. The van der Waals surface area contributed by atoms with Gasteiger partial charge in [0.1, 0.15) is 0 Å². The molecule has 1 aromatic rings. The number of amides is 1. The van der Waals surface area contributed by atoms with E-state index in [0.717, 1.165) is 18.5 Å². The fourth-order valence-corrected chi connectivity index (χ4v) is 2.94. The van der Waals surface area contributed by atoms with Gasteiger partial charge < -0.3 is 15.7 Å². The minimum atomic E-state index is -0.862. The molecule has 1 heterocycles. The van der Waals surface area contributed by atoms with E-state index in [4.69, 9.17) is 5.11 Å². The Kier molecular flexibility index (Phi) is 7.66. The average molecular weight is 356 g/mol. The van der Waals surface area contributed by atoms with Crippen LogP contribution in [0.25, 0.3) is 0 Å². The van der Waals surface area contributed by atoms with Gasteiger partial charge in [-0.2, -0.15) is 0 Å². The van der Waals surface area contributed by atoms with Crippen LogP contribution in [-0.4, -0.2) is 53.6 Å². The lowest BCUT2D eigenvalue weighted by molar-refractivity contribution is -0.136. The van der Waals surface area contributed by atoms with Crippen molar-refractivity contribution in [1.82, 2.24) is 15.5 Å². The van der Waals surface area contributed by atoms with E-state index in [2.05, 4.69) is 15.5 Å². The van der Waals surface area contributed by atoms with E-state index in [9.17, 15) is 9.59 Å². The summed E-state index contributed by atoms with van der Waals surface area (Å²) in [6.45, 7) is 5.71. The molecule has 2 rings (SSSR count). The zero-order valence-electron chi connectivity index (χ0n) is 14.1. The van der Waals surface area contributed by atoms with Gasteiger partial charge in [-0.05, 0) is 25.8 Å². The zero-order chi connectivity index (χ0) is 16.9. The molecule has 1 aliphatic rings. The van der Waals surface area contributed by atoms with Gasteiger partial charge in [0.15, 0.2) is 0 Å². The lowest BCUT2D eigenvalue weighted by atomic mass is 10.0. The molecule has 1 aliphatic heterocycles. The molecule has 0 aromatic heterocycles. The van der Waals surface area contributed by atoms with Crippen LogP contribution in [-0.2, 0) is 9.59 Å². The van der Waals surface area contributed by atoms with Crippen LogP contribution in [0.2, 0.25) is 0 Å². The number of carboxylic acids is 1. The van der Waals surface area contributed by atoms with Gasteiger partial charge in [0.2, 0.25) is 5.91 Å². The number of carboxylic acid groups (broad SMARTS) is 1. The molecule has 0 bridgehead atoms. The first-order valence-electron chi connectivity index (χ1n) is 7.91. The van der Waals surface area contributed by atoms with Crippen LogP contribution in [0.5, 0.6) is 0 Å². The number of likely N-dealkylation sites (tertiary alicyclic amines) is 1. The molecule has 24 heavy (non-hydrogen) atoms. The van der Waals surface area contributed by atoms with Crippen LogP contribution in [0.3, 0.4) is 0 Å². The van der Waals surface area contributed by atoms with Crippen LogP contribution < -0.4 is 10.6 Å². The summed E-state index contributed by atoms with van der Waals surface area (Å²) in [4.78, 5) is 24.9. The highest BCUT2D eigenvalue weighted by Crippen LogP contribution is 2.20. The first-order chi connectivity index (χ1) is 10.9. The highest BCUT2D eigenvalue weighted by Gasteiger charge is 2.34. The van der Waals surface area contributed by atoms with Crippen LogP contribution in [0, 0.1) is 0 Å². The second-order valence-electron chi connectivity index (χ2n) is 6.47. The molecule has 6 nitrogen and oxygen atoms in total. The molecule has 0 aliphatic carbocycles. The Morgan fingerprint density at radius 1 is 1.33 bits per heavy atom. The first-order valence-corrected chi connectivity index (χ1v) is 7.91. The minimum Gasteiger partial charge on any atom is -0.480 e. The van der Waals surface area contributed by atoms with Gasteiger partial charge in [-0.25, -0.2) is 0 Å². The maximum Gasteiger partial charge on any atom is 0.317 e. The van der Waals surface area contributed by atoms with Crippen molar-refractivity contribution in [1.29, 1.82) is 0 Å². The summed E-state index contributed by atoms with van der Waals surface area (Å²) < 4.78 is 0. The lowest BCUT2D eigenvalue weighted by Gasteiger charge is -2.25. The molecule has 2 atom stereocenters. The van der Waals surface area contributed by atoms with Crippen LogP contribution in [0.4, 0.5) is 0 Å². The predicted octanol–water partition coefficient (Wildman–Crippen LogP) is 1.42. The molecule has 1 saturated heterocycles. The number of rotatable bonds is 7. The number of nitrogens with one attached hydrogen (secondary N) is 2. The fourth-order valence-electron chi connectivity index (χ4n) is 2.94. The fraction of sp³-hybridized carbons (Fsp3) is 0.529. The van der Waals surface area contributed by atoms with Gasteiger partial charge in [0.05, 0.1) is 19.1 Å². The van der Waals surface area contributed by atoms with E-state index in [1.807, 2.05) is 44.2 Å². The largest absolute Gasteiger partial charge is 0.480 e. The third-order valence-electron chi connectivity index (χ3n) is 4.26. The van der Waals surface area contributed by atoms with Gasteiger partial charge in [-0.3, -0.25) is 14.5 Å². The van der Waals surface area contributed by atoms with Crippen molar-refractivity contribution in [2.45, 2.75) is 31.8 Å². The van der Waals surface area contributed by atoms with Gasteiger partial charge in [0.25, 0.3) is 0 Å². The van der Waals surface area contributed by atoms with E-state index in [-0.39, 0.29) is 36.4 Å². The third kappa shape index (κ3) is 6.11. The van der Waals surface area contributed by atoms with E-state index in [0.29, 0.717) is 13.1 Å². The second kappa shape index (κ2) is 9.01. The van der Waals surface area contributed by atoms with Crippen molar-refractivity contribution in [2.75, 3.05) is 26.2 Å². The maximum atomic E-state index is 12.2. The molecule has 2 unspecified atom stereocenters. The van der Waals surface area contributed by atoms with E-state index >= 15 is 0 Å². The van der Waals surface area contributed by atoms with Crippen molar-refractivity contribution in [2.24, 2.45) is 0 Å². The van der Waals surface area contributed by atoms with Gasteiger partial charge in [0, 0.05) is 18.6 Å². The summed E-state index contributed by atoms with van der Waals surface area (Å²) >= 11 is 0. The molecule has 1 fully saturated rings. The molecular formula is C17H26ClN3O3. The number of carbonyl (C=O) groups is 2. The molecule has 3 N–H and O–H groups in total. The van der Waals surface area contributed by atoms with Gasteiger partial charge in [-0.15, -0.1) is 12.4 Å². The first kappa shape index (κ1) is 20.4. The third-order valence-corrected chi connectivity index (χ3v) is 4.26. The maximum absolute atomic E-state index is 12.2. The van der Waals surface area contributed by atoms with Crippen LogP contribution in [0.15, 0.2) is 30.3 Å². The molecule has 0 saturated carbocycles. The van der Waals surface area contributed by atoms with Crippen molar-refractivity contribution >= 4 is 24.3 Å². The summed E-state index contributed by atoms with van der Waals surface area (Å²) in [5.74, 6) is -0.872. The summed E-state index contributed by atoms with van der Waals surface area (Å²) in [6, 6.07) is 9.83. The number of hydrogen-bond acceptors (Lipinski definition) is 4. The average Bonchev–Trinajstić information content (AvgIpc) is 2.87. The Hall–Kier alpha value is -1.63. The Balaban J connectivity index is 0.00000288. The SMILES string of the molecule is CC(NC(=O)CN1CCC(C)(NCC(=O)O)C1)c1ccccc1.Cl. The number of carbonyl (C=O) groups excluding carboxylic acids is 1. The van der Waals surface area contributed by atoms with Gasteiger partial charge >= 0.3 is 5.97 Å². The van der Waals surface area contributed by atoms with Gasteiger partial charge in [-0.1, -0.05) is 30.3 Å². The summed E-state index contributed by atoms with van der Waals surface area (Å²) in [5, 5.41) is 14.8. The normalized spacial score (nSPS) is 21.8. The molecule has 134 valence electrons. The molecule has 7 heteroatoms. The monoisotopic (exact) mass is 355 g/mol. The summed E-state index contributed by atoms with van der Waals surface area (Å²) in [5.41, 5.74) is 0.833. The van der Waals surface area contributed by atoms with Crippen molar-refractivity contribution in [3.63, 3.8) is 0 Å². The van der Waals surface area contributed by atoms with E-state index in [1.54, 1.807) is 0 Å². The zero-order valence-corrected chi connectivity index (χ0v) is 14.9. The van der Waals surface area contributed by atoms with Crippen molar-refractivity contribution in [3.05, 3.63) is 35.9 Å². The number of hydrogen-bond donors (Lipinski definition) is 3. The van der Waals surface area contributed by atoms with E-state index < -0.39 is 5.97 Å². The van der Waals surface area contributed by atoms with Crippen molar-refractivity contribution in [3.8, 4) is 0 Å². The summed E-state index contributed by atoms with van der Waals surface area (Å²) in [7, 11) is 0. The molecule has 0 spiro atoms. The number of benzene rings is 1. The molecular weight excluding hydrogens is 330 g/mol. The highest BCUT2D eigenvalue weighted by atomic mass is 35.5. The van der Waals surface area contributed by atoms with Crippen LogP contribution in [0.1, 0.15) is 31.9 Å². The quantitative estimate of drug-likeness (QED) is 0.689. The predicted molar refractivity (Wildman–Crippen MR) is 95.3 cm³/mol. The Bertz CT molecular complexity index is 555. The Morgan fingerprint density at radius 2 is 2.00 bits per heavy atom. The summed E-state index contributed by atoms with van der Waals surface area (Å²) in [6.07, 6.45) is 0.835.